The first kappa shape index (κ1) is 14.3. The Hall–Kier alpha value is -0.710. The van der Waals surface area contributed by atoms with Gasteiger partial charge in [-0.25, -0.2) is 0 Å². The Morgan fingerprint density at radius 2 is 2.20 bits per heavy atom. The smallest absolute Gasteiger partial charge is 0.237 e. The second-order valence-electron chi connectivity index (χ2n) is 3.52. The summed E-state index contributed by atoms with van der Waals surface area (Å²) in [5.74, 6) is -0.515. The molecule has 0 spiro atoms. The Morgan fingerprint density at radius 1 is 1.67 bits per heavy atom. The molecule has 0 aromatic carbocycles. The Labute approximate surface area is 88.7 Å². The van der Waals surface area contributed by atoms with Crippen LogP contribution >= 0.6 is 7.37 Å². The highest BCUT2D eigenvalue weighted by molar-refractivity contribution is 7.57. The second-order valence-corrected chi connectivity index (χ2v) is 6.07. The number of carbonyl (C=O) groups is 1. The minimum absolute atomic E-state index is 0.0131. The molecule has 6 nitrogen and oxygen atoms in total. The predicted molar refractivity (Wildman–Crippen MR) is 56.5 cm³/mol. The van der Waals surface area contributed by atoms with Gasteiger partial charge < -0.3 is 15.9 Å². The predicted octanol–water partition coefficient (Wildman–Crippen LogP) is -0.782. The molecule has 0 rings (SSSR count). The molecule has 15 heavy (non-hydrogen) atoms. The Bertz CT molecular complexity index is 276. The highest BCUT2D eigenvalue weighted by atomic mass is 31.2. The normalized spacial score (nSPS) is 18.7. The summed E-state index contributed by atoms with van der Waals surface area (Å²) in [6.07, 6.45) is 1.68. The molecule has 1 radical (unpaired) electrons. The van der Waals surface area contributed by atoms with Crippen molar-refractivity contribution in [3.63, 3.8) is 0 Å². The van der Waals surface area contributed by atoms with Gasteiger partial charge in [0.1, 0.15) is 0 Å². The van der Waals surface area contributed by atoms with Gasteiger partial charge in [0, 0.05) is 12.8 Å². The molecule has 0 aliphatic carbocycles. The van der Waals surface area contributed by atoms with E-state index in [-0.39, 0.29) is 12.6 Å². The summed E-state index contributed by atoms with van der Waals surface area (Å²) in [4.78, 5) is 30.3. The van der Waals surface area contributed by atoms with E-state index in [1.807, 2.05) is 0 Å². The summed E-state index contributed by atoms with van der Waals surface area (Å²) in [5.41, 5.74) is 5.45. The summed E-state index contributed by atoms with van der Waals surface area (Å²) in [7, 11) is -3.14. The lowest BCUT2D eigenvalue weighted by Gasteiger charge is -2.14. The third kappa shape index (κ3) is 7.25. The zero-order chi connectivity index (χ0) is 12.1. The molecule has 0 bridgehead atoms. The number of nitrogens with two attached hydrogens (primary N) is 1. The average molecular weight is 235 g/mol. The number of nitrogens with one attached hydrogen (secondary N) is 1. The van der Waals surface area contributed by atoms with Crippen molar-refractivity contribution >= 4 is 19.6 Å². The van der Waals surface area contributed by atoms with E-state index in [2.05, 4.69) is 5.32 Å². The van der Waals surface area contributed by atoms with Crippen molar-refractivity contribution in [3.05, 3.63) is 0 Å². The quantitative estimate of drug-likeness (QED) is 0.523. The monoisotopic (exact) mass is 235 g/mol. The van der Waals surface area contributed by atoms with Crippen molar-refractivity contribution in [1.29, 1.82) is 0 Å². The van der Waals surface area contributed by atoms with Gasteiger partial charge in [-0.3, -0.25) is 14.2 Å². The molecule has 0 aliphatic rings. The van der Waals surface area contributed by atoms with Crippen molar-refractivity contribution in [1.82, 2.24) is 5.32 Å². The SMILES string of the molecule is C[C@@H]([C]=O)NC(=O)[C@@H](N)CCP(C)(=O)O. The van der Waals surface area contributed by atoms with Gasteiger partial charge in [0.2, 0.25) is 12.2 Å². The van der Waals surface area contributed by atoms with Crippen molar-refractivity contribution in [3.8, 4) is 0 Å². The number of carbonyl (C=O) groups excluding carboxylic acids is 2. The van der Waals surface area contributed by atoms with Gasteiger partial charge in [-0.2, -0.15) is 0 Å². The Morgan fingerprint density at radius 3 is 2.60 bits per heavy atom. The van der Waals surface area contributed by atoms with Crippen molar-refractivity contribution in [2.24, 2.45) is 5.73 Å². The van der Waals surface area contributed by atoms with Gasteiger partial charge >= 0.3 is 0 Å². The van der Waals surface area contributed by atoms with Crippen LogP contribution in [-0.4, -0.2) is 42.0 Å². The molecule has 3 atom stereocenters. The van der Waals surface area contributed by atoms with E-state index in [4.69, 9.17) is 10.6 Å². The summed E-state index contributed by atoms with van der Waals surface area (Å²) in [6, 6.07) is -1.59. The lowest BCUT2D eigenvalue weighted by atomic mass is 10.2. The molecule has 87 valence electrons. The van der Waals surface area contributed by atoms with E-state index >= 15 is 0 Å². The van der Waals surface area contributed by atoms with Crippen molar-refractivity contribution in [2.45, 2.75) is 25.4 Å². The first-order chi connectivity index (χ1) is 6.76. The van der Waals surface area contributed by atoms with Crippen LogP contribution in [0.5, 0.6) is 0 Å². The van der Waals surface area contributed by atoms with Gasteiger partial charge in [0.25, 0.3) is 0 Å². The Kier molecular flexibility index (Phi) is 5.72. The van der Waals surface area contributed by atoms with Crippen molar-refractivity contribution < 1.29 is 19.0 Å². The third-order valence-electron chi connectivity index (χ3n) is 1.73. The molecule has 1 unspecified atom stereocenters. The van der Waals surface area contributed by atoms with Crippen LogP contribution < -0.4 is 11.1 Å². The van der Waals surface area contributed by atoms with Gasteiger partial charge in [0.15, 0.2) is 7.37 Å². The van der Waals surface area contributed by atoms with Crippen LogP contribution in [0, 0.1) is 0 Å². The molecule has 7 heteroatoms. The average Bonchev–Trinajstić information content (AvgIpc) is 2.12. The zero-order valence-electron chi connectivity index (χ0n) is 8.77. The number of amides is 1. The molecule has 1 amide bonds. The standard InChI is InChI=1S/C8H16N2O4P/c1-6(5-11)10-8(12)7(9)3-4-15(2,13)14/h6-7H,3-4,9H2,1-2H3,(H,10,12)(H,13,14)/t6-,7-/m0/s1. The zero-order valence-corrected chi connectivity index (χ0v) is 9.66. The fourth-order valence-corrected chi connectivity index (χ4v) is 1.62. The lowest BCUT2D eigenvalue weighted by molar-refractivity contribution is -0.122. The van der Waals surface area contributed by atoms with Crippen LogP contribution in [0.15, 0.2) is 0 Å². The molecule has 0 aliphatic heterocycles. The molecule has 0 saturated heterocycles. The van der Waals surface area contributed by atoms with Gasteiger partial charge in [0.05, 0.1) is 12.1 Å². The van der Waals surface area contributed by atoms with Gasteiger partial charge in [-0.1, -0.05) is 0 Å². The van der Waals surface area contributed by atoms with Crippen LogP contribution in [-0.2, 0) is 14.2 Å². The molecule has 0 saturated carbocycles. The van der Waals surface area contributed by atoms with Crippen LogP contribution in [0.2, 0.25) is 0 Å². The second kappa shape index (κ2) is 6.00. The maximum absolute atomic E-state index is 11.2. The van der Waals surface area contributed by atoms with E-state index < -0.39 is 25.4 Å². The molecular weight excluding hydrogens is 219 g/mol. The largest absolute Gasteiger partial charge is 0.345 e. The van der Waals surface area contributed by atoms with E-state index in [1.165, 1.54) is 13.6 Å². The summed E-state index contributed by atoms with van der Waals surface area (Å²) < 4.78 is 10.9. The van der Waals surface area contributed by atoms with E-state index in [0.29, 0.717) is 0 Å². The lowest BCUT2D eigenvalue weighted by Crippen LogP contribution is -2.45. The van der Waals surface area contributed by atoms with E-state index in [9.17, 15) is 14.2 Å². The third-order valence-corrected chi connectivity index (χ3v) is 2.82. The van der Waals surface area contributed by atoms with E-state index in [0.717, 1.165) is 0 Å². The minimum Gasteiger partial charge on any atom is -0.345 e. The van der Waals surface area contributed by atoms with Crippen LogP contribution in [0.1, 0.15) is 13.3 Å². The first-order valence-corrected chi connectivity index (χ1v) is 6.78. The topological polar surface area (TPSA) is 109 Å². The number of hydrogen-bond acceptors (Lipinski definition) is 4. The molecule has 0 aromatic heterocycles. The molecule has 0 heterocycles. The first-order valence-electron chi connectivity index (χ1n) is 4.49. The molecule has 0 aromatic rings. The van der Waals surface area contributed by atoms with E-state index in [1.54, 1.807) is 6.29 Å². The highest BCUT2D eigenvalue weighted by Gasteiger charge is 2.19. The molecular formula is C8H16N2O4P. The maximum Gasteiger partial charge on any atom is 0.237 e. The summed E-state index contributed by atoms with van der Waals surface area (Å²) >= 11 is 0. The van der Waals surface area contributed by atoms with Gasteiger partial charge in [-0.05, 0) is 13.3 Å². The maximum atomic E-state index is 11.2. The Balaban J connectivity index is 4.00. The summed E-state index contributed by atoms with van der Waals surface area (Å²) in [5, 5.41) is 2.31. The van der Waals surface area contributed by atoms with Crippen molar-refractivity contribution in [2.75, 3.05) is 12.8 Å². The molecule has 0 fully saturated rings. The van der Waals surface area contributed by atoms with Crippen LogP contribution in [0.4, 0.5) is 0 Å². The van der Waals surface area contributed by atoms with Gasteiger partial charge in [-0.15, -0.1) is 0 Å². The fraction of sp³-hybridized carbons (Fsp3) is 0.750. The molecule has 4 N–H and O–H groups in total. The fourth-order valence-electron chi connectivity index (χ4n) is 0.860. The van der Waals surface area contributed by atoms with Crippen LogP contribution in [0.25, 0.3) is 0 Å². The number of rotatable bonds is 6. The minimum atomic E-state index is -3.14. The summed E-state index contributed by atoms with van der Waals surface area (Å²) in [6.45, 7) is 2.67. The number of hydrogen-bond donors (Lipinski definition) is 3. The highest BCUT2D eigenvalue weighted by Crippen LogP contribution is 2.35. The van der Waals surface area contributed by atoms with Crippen LogP contribution in [0.3, 0.4) is 0 Å².